The average molecular weight is 1030 g/mol. The molecule has 4 rings (SSSR count). The van der Waals surface area contributed by atoms with E-state index in [1.165, 1.54) is 228 Å². The van der Waals surface area contributed by atoms with E-state index in [1.807, 2.05) is 0 Å². The summed E-state index contributed by atoms with van der Waals surface area (Å²) in [6.07, 6.45) is 40.4. The van der Waals surface area contributed by atoms with Crippen molar-refractivity contribution in [3.05, 3.63) is 131 Å². The Bertz CT molecular complexity index is 1980. The third-order valence-electron chi connectivity index (χ3n) is 14.0. The van der Waals surface area contributed by atoms with Crippen molar-refractivity contribution in [1.82, 2.24) is 0 Å². The van der Waals surface area contributed by atoms with E-state index in [1.54, 1.807) is 0 Å². The predicted molar refractivity (Wildman–Crippen MR) is 307 cm³/mol. The third-order valence-corrected chi connectivity index (χ3v) is 15.8. The topological polar surface area (TPSA) is 109 Å². The largest absolute Gasteiger partial charge is 0.478 e. The molecule has 0 fully saturated rings. The van der Waals surface area contributed by atoms with Crippen LogP contribution in [0.15, 0.2) is 119 Å². The van der Waals surface area contributed by atoms with Crippen LogP contribution in [0.1, 0.15) is 225 Å². The molecule has 4 aromatic rings. The normalized spacial score (nSPS) is 11.6. The summed E-state index contributed by atoms with van der Waals surface area (Å²) in [5, 5.41) is 18.1. The molecule has 0 aliphatic carbocycles. The summed E-state index contributed by atoms with van der Waals surface area (Å²) >= 11 is 0. The lowest BCUT2D eigenvalue weighted by molar-refractivity contribution is -0.903. The minimum Gasteiger partial charge on any atom is -0.478 e. The zero-order valence-corrected chi connectivity index (χ0v) is 47.7. The number of carboxylic acid groups (broad SMARTS) is 2. The summed E-state index contributed by atoms with van der Waals surface area (Å²) in [5.74, 6) is -2.80. The Morgan fingerprint density at radius 1 is 0.356 bits per heavy atom. The summed E-state index contributed by atoms with van der Waals surface area (Å²) in [4.78, 5) is 21.4. The fourth-order valence-electron chi connectivity index (χ4n) is 9.66. The number of benzene rings is 4. The number of quaternary nitrogens is 2. The number of carboxylic acids is 2. The lowest BCUT2D eigenvalue weighted by atomic mass is 10.0. The van der Waals surface area contributed by atoms with Crippen molar-refractivity contribution in [2.45, 2.75) is 217 Å². The lowest BCUT2D eigenvalue weighted by Crippen LogP contribution is -2.39. The third kappa shape index (κ3) is 30.6. The molecule has 0 saturated carbocycles. The second-order valence-corrected chi connectivity index (χ2v) is 23.8. The van der Waals surface area contributed by atoms with Crippen LogP contribution in [0, 0.1) is 0 Å². The first-order valence-electron chi connectivity index (χ1n) is 28.7. The first-order valence-corrected chi connectivity index (χ1v) is 30.2. The second-order valence-electron chi connectivity index (χ2n) is 21.9. The number of hydrogen-bond acceptors (Lipinski definition) is 4. The van der Waals surface area contributed by atoms with Crippen LogP contribution >= 0.6 is 0 Å². The molecule has 73 heavy (non-hydrogen) atoms. The summed E-state index contributed by atoms with van der Waals surface area (Å²) in [6.45, 7) is 9.49. The van der Waals surface area contributed by atoms with Gasteiger partial charge in [-0.05, 0) is 49.9 Å². The zero-order valence-electron chi connectivity index (χ0n) is 46.8. The Labute approximate surface area is 446 Å². The Balaban J connectivity index is 0.000000377. The molecule has 0 spiro atoms. The first-order chi connectivity index (χ1) is 35.1. The van der Waals surface area contributed by atoms with Crippen LogP contribution in [-0.2, 0) is 22.9 Å². The van der Waals surface area contributed by atoms with Gasteiger partial charge in [-0.1, -0.05) is 253 Å². The number of sulfone groups is 1. The fourth-order valence-corrected chi connectivity index (χ4v) is 11.3. The maximum Gasteiger partial charge on any atom is 0.337 e. The van der Waals surface area contributed by atoms with Crippen LogP contribution in [0.3, 0.4) is 0 Å². The quantitative estimate of drug-likeness (QED) is 0.0342. The van der Waals surface area contributed by atoms with Crippen LogP contribution < -0.4 is 0 Å². The SMILES string of the molecule is CCCCCCCCCCCCCCCC[N+](C)(C)Cc1ccccc1.CCCCCCCCCCCCCCCC[N+](C)(C)Cc1ccccc1.O=C(O)c1ccccc1S(=O)(=O)c1ccccc1C(=O)O. The smallest absolute Gasteiger partial charge is 0.337 e. The summed E-state index contributed by atoms with van der Waals surface area (Å²) in [7, 11) is 5.23. The van der Waals surface area contributed by atoms with Gasteiger partial charge in [-0.15, -0.1) is 0 Å². The molecule has 0 aliphatic heterocycles. The zero-order chi connectivity index (χ0) is 53.5. The number of carbonyl (C=O) groups is 2. The van der Waals surface area contributed by atoms with Crippen molar-refractivity contribution >= 4 is 21.8 Å². The predicted octanol–water partition coefficient (Wildman–Crippen LogP) is 17.4. The van der Waals surface area contributed by atoms with E-state index in [4.69, 9.17) is 10.2 Å². The Morgan fingerprint density at radius 2 is 0.589 bits per heavy atom. The van der Waals surface area contributed by atoms with E-state index in [0.717, 1.165) is 46.3 Å². The molecule has 0 aromatic heterocycles. The molecule has 8 nitrogen and oxygen atoms in total. The first kappa shape index (κ1) is 64.8. The van der Waals surface area contributed by atoms with Crippen molar-refractivity contribution in [2.24, 2.45) is 0 Å². The maximum atomic E-state index is 12.6. The van der Waals surface area contributed by atoms with Gasteiger partial charge in [-0.3, -0.25) is 0 Å². The van der Waals surface area contributed by atoms with E-state index in [0.29, 0.717) is 0 Å². The molecule has 9 heteroatoms. The van der Waals surface area contributed by atoms with E-state index >= 15 is 0 Å². The lowest BCUT2D eigenvalue weighted by Gasteiger charge is -2.30. The number of unbranched alkanes of at least 4 members (excludes halogenated alkanes) is 26. The molecule has 0 saturated heterocycles. The molecule has 0 heterocycles. The standard InChI is InChI=1S/2C25H46N.C14H10O6S/c2*1-4-5-6-7-8-9-10-11-12-13-14-15-16-20-23-26(2,3)24-25-21-18-17-19-22-25;15-13(16)9-5-1-3-7-11(9)21(19,20)12-8-4-2-6-10(12)14(17)18/h2*17-19,21-22H,4-16,20,23-24H2,1-3H3;1-8H,(H,15,16)(H,17,18)/q2*+1;. The van der Waals surface area contributed by atoms with Gasteiger partial charge >= 0.3 is 11.9 Å². The van der Waals surface area contributed by atoms with Crippen molar-refractivity contribution in [3.63, 3.8) is 0 Å². The van der Waals surface area contributed by atoms with Gasteiger partial charge in [0.2, 0.25) is 9.84 Å². The highest BCUT2D eigenvalue weighted by Gasteiger charge is 2.28. The molecular weight excluding hydrogens is 925 g/mol. The van der Waals surface area contributed by atoms with E-state index in [-0.39, 0.29) is 0 Å². The Hall–Kier alpha value is -4.31. The van der Waals surface area contributed by atoms with Gasteiger partial charge in [0.05, 0.1) is 62.2 Å². The molecule has 0 amide bonds. The van der Waals surface area contributed by atoms with E-state index in [2.05, 4.69) is 103 Å². The monoisotopic (exact) mass is 1030 g/mol. The fraction of sp³-hybridized carbons (Fsp3) is 0.594. The summed E-state index contributed by atoms with van der Waals surface area (Å²) in [5.41, 5.74) is 2.11. The van der Waals surface area contributed by atoms with Crippen LogP contribution in [0.4, 0.5) is 0 Å². The van der Waals surface area contributed by atoms with Crippen LogP contribution in [0.5, 0.6) is 0 Å². The molecule has 4 aromatic carbocycles. The molecule has 0 aliphatic rings. The minimum absolute atomic E-state index is 0.405. The maximum absolute atomic E-state index is 12.6. The van der Waals surface area contributed by atoms with Gasteiger partial charge in [0.15, 0.2) is 0 Å². The molecule has 0 unspecified atom stereocenters. The van der Waals surface area contributed by atoms with Gasteiger partial charge in [0.25, 0.3) is 0 Å². The second kappa shape index (κ2) is 39.2. The number of aromatic carboxylic acids is 2. The highest BCUT2D eigenvalue weighted by Crippen LogP contribution is 2.27. The number of rotatable bonds is 38. The Morgan fingerprint density at radius 3 is 0.849 bits per heavy atom. The van der Waals surface area contributed by atoms with Crippen LogP contribution in [-0.4, -0.2) is 80.8 Å². The van der Waals surface area contributed by atoms with Crippen molar-refractivity contribution in [2.75, 3.05) is 41.3 Å². The van der Waals surface area contributed by atoms with Gasteiger partial charge in [-0.25, -0.2) is 18.0 Å². The van der Waals surface area contributed by atoms with Crippen molar-refractivity contribution in [3.8, 4) is 0 Å². The highest BCUT2D eigenvalue weighted by molar-refractivity contribution is 7.91. The minimum atomic E-state index is -4.25. The van der Waals surface area contributed by atoms with Gasteiger partial charge in [0, 0.05) is 11.1 Å². The molecular formula is C64H102N2O6S+2. The van der Waals surface area contributed by atoms with Crippen molar-refractivity contribution < 1.29 is 37.2 Å². The van der Waals surface area contributed by atoms with Crippen molar-refractivity contribution in [1.29, 1.82) is 0 Å². The van der Waals surface area contributed by atoms with Gasteiger partial charge in [-0.2, -0.15) is 0 Å². The van der Waals surface area contributed by atoms with Crippen LogP contribution in [0.2, 0.25) is 0 Å². The molecule has 0 atom stereocenters. The number of hydrogen-bond donors (Lipinski definition) is 2. The molecule has 0 radical (unpaired) electrons. The average Bonchev–Trinajstić information content (AvgIpc) is 3.37. The van der Waals surface area contributed by atoms with Gasteiger partial charge < -0.3 is 19.2 Å². The van der Waals surface area contributed by atoms with E-state index in [9.17, 15) is 18.0 Å². The van der Waals surface area contributed by atoms with Crippen LogP contribution in [0.25, 0.3) is 0 Å². The summed E-state index contributed by atoms with van der Waals surface area (Å²) in [6, 6.07) is 32.0. The number of nitrogens with zero attached hydrogens (tertiary/aromatic N) is 2. The molecule has 0 bridgehead atoms. The Kier molecular flexibility index (Phi) is 34.8. The highest BCUT2D eigenvalue weighted by atomic mass is 32.2. The molecule has 2 N–H and O–H groups in total. The van der Waals surface area contributed by atoms with E-state index < -0.39 is 42.7 Å². The van der Waals surface area contributed by atoms with Gasteiger partial charge in [0.1, 0.15) is 13.1 Å². The summed E-state index contributed by atoms with van der Waals surface area (Å²) < 4.78 is 27.3. The molecule has 408 valence electrons.